The molecule has 2 aromatic heterocycles. The number of thiophene rings is 1. The fourth-order valence-corrected chi connectivity index (χ4v) is 5.79. The van der Waals surface area contributed by atoms with E-state index in [0.717, 1.165) is 32.6 Å². The average Bonchev–Trinajstić information content (AvgIpc) is 3.44. The highest BCUT2D eigenvalue weighted by Crippen LogP contribution is 2.40. The van der Waals surface area contributed by atoms with Gasteiger partial charge in [0.2, 0.25) is 5.91 Å². The largest absolute Gasteiger partial charge is 0.378 e. The summed E-state index contributed by atoms with van der Waals surface area (Å²) >= 11 is 1.58. The van der Waals surface area contributed by atoms with Crippen molar-refractivity contribution in [3.8, 4) is 0 Å². The van der Waals surface area contributed by atoms with E-state index in [1.54, 1.807) is 17.5 Å². The van der Waals surface area contributed by atoms with Gasteiger partial charge in [-0.1, -0.05) is 24.3 Å². The molecule has 0 spiro atoms. The van der Waals surface area contributed by atoms with Crippen LogP contribution in [0.2, 0.25) is 0 Å². The predicted octanol–water partition coefficient (Wildman–Crippen LogP) is 3.33. The van der Waals surface area contributed by atoms with Gasteiger partial charge in [-0.2, -0.15) is 0 Å². The molecule has 3 aromatic rings. The first-order valence-electron chi connectivity index (χ1n) is 10.8. The van der Waals surface area contributed by atoms with Gasteiger partial charge in [-0.15, -0.1) is 11.3 Å². The predicted molar refractivity (Wildman–Crippen MR) is 120 cm³/mol. The number of amides is 2. The number of benzene rings is 1. The van der Waals surface area contributed by atoms with Gasteiger partial charge in [0.1, 0.15) is 0 Å². The van der Waals surface area contributed by atoms with E-state index in [1.165, 1.54) is 0 Å². The molecule has 2 aliphatic heterocycles. The maximum Gasteiger partial charge on any atom is 0.264 e. The van der Waals surface area contributed by atoms with Crippen LogP contribution in [0, 0.1) is 0 Å². The smallest absolute Gasteiger partial charge is 0.264 e. The Morgan fingerprint density at radius 2 is 1.84 bits per heavy atom. The van der Waals surface area contributed by atoms with Crippen molar-refractivity contribution in [3.63, 3.8) is 0 Å². The van der Waals surface area contributed by atoms with E-state index in [-0.39, 0.29) is 17.7 Å². The first kappa shape index (κ1) is 20.2. The van der Waals surface area contributed by atoms with Crippen LogP contribution in [0.1, 0.15) is 33.3 Å². The van der Waals surface area contributed by atoms with Gasteiger partial charge in [0.15, 0.2) is 0 Å². The number of nitrogens with zero attached hydrogens (tertiary/aromatic N) is 3. The molecule has 4 heterocycles. The minimum atomic E-state index is 0.0952. The number of hydrogen-bond acceptors (Lipinski definition) is 5. The van der Waals surface area contributed by atoms with Crippen LogP contribution < -0.4 is 0 Å². The molecular weight excluding hydrogens is 410 g/mol. The van der Waals surface area contributed by atoms with Gasteiger partial charge >= 0.3 is 0 Å². The number of morpholine rings is 1. The van der Waals surface area contributed by atoms with Crippen molar-refractivity contribution in [2.24, 2.45) is 0 Å². The molecule has 6 nitrogen and oxygen atoms in total. The second-order valence-electron chi connectivity index (χ2n) is 8.07. The Labute approximate surface area is 185 Å². The molecule has 0 bridgehead atoms. The van der Waals surface area contributed by atoms with Gasteiger partial charge in [0, 0.05) is 48.7 Å². The lowest BCUT2D eigenvalue weighted by molar-refractivity contribution is -0.129. The molecule has 1 atom stereocenters. The second-order valence-corrected chi connectivity index (χ2v) is 9.12. The molecule has 1 aromatic carbocycles. The molecule has 2 aliphatic rings. The van der Waals surface area contributed by atoms with Crippen LogP contribution in [0.5, 0.6) is 0 Å². The average molecular weight is 436 g/mol. The number of carbonyl (C=O) groups is 2. The van der Waals surface area contributed by atoms with Crippen molar-refractivity contribution in [2.75, 3.05) is 39.4 Å². The van der Waals surface area contributed by atoms with Crippen LogP contribution in [0.3, 0.4) is 0 Å². The van der Waals surface area contributed by atoms with Gasteiger partial charge in [0.25, 0.3) is 5.91 Å². The summed E-state index contributed by atoms with van der Waals surface area (Å²) in [7, 11) is 0. The highest BCUT2D eigenvalue weighted by molar-refractivity contribution is 7.21. The summed E-state index contributed by atoms with van der Waals surface area (Å²) in [5.74, 6) is 0.364. The SMILES string of the molecule is O=C(Cc1ccccn1)N1CCC(c2c(C(=O)N3CCOCC3)sc3ccccc23)C1. The molecule has 1 unspecified atom stereocenters. The molecule has 7 heteroatoms. The Bertz CT molecular complexity index is 1090. The number of aromatic nitrogens is 1. The van der Waals surface area contributed by atoms with Crippen LogP contribution in [-0.4, -0.2) is 66.0 Å². The molecular formula is C24H25N3O3S. The first-order chi connectivity index (χ1) is 15.2. The Hall–Kier alpha value is -2.77. The second kappa shape index (κ2) is 8.77. The lowest BCUT2D eigenvalue weighted by Gasteiger charge is -2.27. The van der Waals surface area contributed by atoms with Crippen molar-refractivity contribution >= 4 is 33.2 Å². The summed E-state index contributed by atoms with van der Waals surface area (Å²) in [5, 5.41) is 1.15. The monoisotopic (exact) mass is 435 g/mol. The lowest BCUT2D eigenvalue weighted by Crippen LogP contribution is -2.40. The van der Waals surface area contributed by atoms with Gasteiger partial charge in [-0.05, 0) is 35.6 Å². The molecule has 0 aliphatic carbocycles. The van der Waals surface area contributed by atoms with Crippen molar-refractivity contribution in [1.82, 2.24) is 14.8 Å². The highest BCUT2D eigenvalue weighted by atomic mass is 32.1. The Morgan fingerprint density at radius 1 is 1.03 bits per heavy atom. The summed E-state index contributed by atoms with van der Waals surface area (Å²) in [4.78, 5) is 35.2. The molecule has 5 rings (SSSR count). The summed E-state index contributed by atoms with van der Waals surface area (Å²) in [6.07, 6.45) is 2.91. The fraction of sp³-hybridized carbons (Fsp3) is 0.375. The van der Waals surface area contributed by atoms with Crippen molar-refractivity contribution in [1.29, 1.82) is 0 Å². The van der Waals surface area contributed by atoms with Crippen LogP contribution in [0.25, 0.3) is 10.1 Å². The zero-order chi connectivity index (χ0) is 21.2. The number of pyridine rings is 1. The van der Waals surface area contributed by atoms with Crippen LogP contribution in [0.4, 0.5) is 0 Å². The summed E-state index contributed by atoms with van der Waals surface area (Å²) in [6, 6.07) is 13.9. The van der Waals surface area contributed by atoms with Crippen LogP contribution in [0.15, 0.2) is 48.7 Å². The van der Waals surface area contributed by atoms with E-state index in [4.69, 9.17) is 4.74 Å². The number of likely N-dealkylation sites (tertiary alicyclic amines) is 1. The summed E-state index contributed by atoms with van der Waals surface area (Å²) in [6.45, 7) is 3.80. The molecule has 0 radical (unpaired) electrons. The quantitative estimate of drug-likeness (QED) is 0.631. The van der Waals surface area contributed by atoms with Gasteiger partial charge in [-0.3, -0.25) is 14.6 Å². The molecule has 2 fully saturated rings. The van der Waals surface area contributed by atoms with Crippen molar-refractivity contribution in [2.45, 2.75) is 18.8 Å². The van der Waals surface area contributed by atoms with E-state index in [9.17, 15) is 9.59 Å². The summed E-state index contributed by atoms with van der Waals surface area (Å²) < 4.78 is 6.56. The number of ether oxygens (including phenoxy) is 1. The Balaban J connectivity index is 1.40. The Morgan fingerprint density at radius 3 is 2.65 bits per heavy atom. The molecule has 160 valence electrons. The topological polar surface area (TPSA) is 62.7 Å². The minimum absolute atomic E-state index is 0.0952. The van der Waals surface area contributed by atoms with E-state index < -0.39 is 0 Å². The van der Waals surface area contributed by atoms with E-state index in [2.05, 4.69) is 17.1 Å². The van der Waals surface area contributed by atoms with Crippen molar-refractivity contribution < 1.29 is 14.3 Å². The number of rotatable bonds is 4. The fourth-order valence-electron chi connectivity index (χ4n) is 4.53. The lowest BCUT2D eigenvalue weighted by atomic mass is 9.94. The van der Waals surface area contributed by atoms with Gasteiger partial charge < -0.3 is 14.5 Å². The van der Waals surface area contributed by atoms with E-state index in [1.807, 2.05) is 40.1 Å². The normalized spacial score (nSPS) is 19.2. The van der Waals surface area contributed by atoms with Gasteiger partial charge in [0.05, 0.1) is 24.5 Å². The molecule has 2 amide bonds. The third kappa shape index (κ3) is 4.07. The van der Waals surface area contributed by atoms with Crippen LogP contribution >= 0.6 is 11.3 Å². The third-order valence-corrected chi connectivity index (χ3v) is 7.31. The van der Waals surface area contributed by atoms with Gasteiger partial charge in [-0.25, -0.2) is 0 Å². The molecule has 0 N–H and O–H groups in total. The molecule has 2 saturated heterocycles. The molecule has 0 saturated carbocycles. The third-order valence-electron chi connectivity index (χ3n) is 6.13. The van der Waals surface area contributed by atoms with Crippen LogP contribution in [-0.2, 0) is 16.0 Å². The minimum Gasteiger partial charge on any atom is -0.378 e. The summed E-state index contributed by atoms with van der Waals surface area (Å²) in [5.41, 5.74) is 1.91. The number of carbonyl (C=O) groups excluding carboxylic acids is 2. The van der Waals surface area contributed by atoms with E-state index >= 15 is 0 Å². The standard InChI is InChI=1S/C24H25N3O3S/c28-21(15-18-5-3-4-9-25-18)27-10-8-17(16-27)22-19-6-1-2-7-20(19)31-23(22)24(29)26-11-13-30-14-12-26/h1-7,9,17H,8,10-16H2. The zero-order valence-corrected chi connectivity index (χ0v) is 18.1. The maximum absolute atomic E-state index is 13.4. The Kier molecular flexibility index (Phi) is 5.70. The zero-order valence-electron chi connectivity index (χ0n) is 17.3. The van der Waals surface area contributed by atoms with E-state index in [0.29, 0.717) is 45.8 Å². The highest BCUT2D eigenvalue weighted by Gasteiger charge is 2.34. The number of fused-ring (bicyclic) bond motifs is 1. The number of hydrogen-bond donors (Lipinski definition) is 0. The molecule has 31 heavy (non-hydrogen) atoms. The first-order valence-corrected chi connectivity index (χ1v) is 11.6. The van der Waals surface area contributed by atoms with Crippen molar-refractivity contribution in [3.05, 3.63) is 64.8 Å². The maximum atomic E-state index is 13.4.